The molecule has 0 saturated carbocycles. The van der Waals surface area contributed by atoms with Gasteiger partial charge in [-0.15, -0.1) is 0 Å². The lowest BCUT2D eigenvalue weighted by atomic mass is 9.98. The molecule has 2 fully saturated rings. The Hall–Kier alpha value is -3.87. The zero-order chi connectivity index (χ0) is 32.8. The summed E-state index contributed by atoms with van der Waals surface area (Å²) in [7, 11) is 3.15. The molecule has 0 bridgehead atoms. The fraction of sp³-hybridized carbons (Fsp3) is 0.382. The predicted molar refractivity (Wildman–Crippen MR) is 181 cm³/mol. The van der Waals surface area contributed by atoms with Crippen LogP contribution in [0.4, 0.5) is 0 Å². The summed E-state index contributed by atoms with van der Waals surface area (Å²) >= 11 is 14.1. The summed E-state index contributed by atoms with van der Waals surface area (Å²) in [4.78, 5) is 30.2. The molecular formula is C34H37Cl2N7O4. The van der Waals surface area contributed by atoms with E-state index in [4.69, 9.17) is 47.4 Å². The Morgan fingerprint density at radius 3 is 1.87 bits per heavy atom. The van der Waals surface area contributed by atoms with E-state index in [2.05, 4.69) is 25.9 Å². The highest BCUT2D eigenvalue weighted by atomic mass is 35.5. The molecule has 4 heterocycles. The SMILES string of the molecule is COc1nc(-c2cccc(-c3cccc(-c4cnc(CNC[C@@H]5CCC(=O)N5)c(OC)n4)c3Cl)c2Cl)cnc1CNC[C@H]1CCOC1. The first kappa shape index (κ1) is 33.0. The molecule has 0 aliphatic carbocycles. The summed E-state index contributed by atoms with van der Waals surface area (Å²) in [6, 6.07) is 11.5. The van der Waals surface area contributed by atoms with E-state index in [1.165, 1.54) is 0 Å². The van der Waals surface area contributed by atoms with Gasteiger partial charge in [0.25, 0.3) is 0 Å². The second-order valence-corrected chi connectivity index (χ2v) is 12.3. The monoisotopic (exact) mass is 677 g/mol. The lowest BCUT2D eigenvalue weighted by Crippen LogP contribution is -2.35. The maximum absolute atomic E-state index is 11.5. The van der Waals surface area contributed by atoms with Gasteiger partial charge in [-0.25, -0.2) is 9.97 Å². The lowest BCUT2D eigenvalue weighted by molar-refractivity contribution is -0.119. The molecule has 13 heteroatoms. The number of benzene rings is 2. The molecule has 47 heavy (non-hydrogen) atoms. The summed E-state index contributed by atoms with van der Waals surface area (Å²) in [6.45, 7) is 4.07. The zero-order valence-corrected chi connectivity index (χ0v) is 27.8. The van der Waals surface area contributed by atoms with Crippen molar-refractivity contribution in [1.82, 2.24) is 35.9 Å². The van der Waals surface area contributed by atoms with Gasteiger partial charge in [-0.1, -0.05) is 59.6 Å². The third kappa shape index (κ3) is 7.66. The van der Waals surface area contributed by atoms with Crippen LogP contribution in [0.5, 0.6) is 11.8 Å². The molecule has 2 aliphatic rings. The topological polar surface area (TPSA) is 132 Å². The third-order valence-electron chi connectivity index (χ3n) is 8.37. The molecule has 2 aromatic carbocycles. The van der Waals surface area contributed by atoms with Gasteiger partial charge < -0.3 is 30.2 Å². The van der Waals surface area contributed by atoms with E-state index < -0.39 is 0 Å². The van der Waals surface area contributed by atoms with E-state index in [-0.39, 0.29) is 11.9 Å². The van der Waals surface area contributed by atoms with Gasteiger partial charge in [0.05, 0.1) is 54.7 Å². The van der Waals surface area contributed by atoms with Gasteiger partial charge in [-0.2, -0.15) is 0 Å². The Bertz CT molecular complexity index is 1740. The summed E-state index contributed by atoms with van der Waals surface area (Å²) in [5.41, 5.74) is 5.39. The van der Waals surface area contributed by atoms with Gasteiger partial charge in [0, 0.05) is 67.5 Å². The van der Waals surface area contributed by atoms with Crippen molar-refractivity contribution in [3.8, 4) is 45.4 Å². The Kier molecular flexibility index (Phi) is 10.8. The number of nitrogens with zero attached hydrogens (tertiary/aromatic N) is 4. The van der Waals surface area contributed by atoms with Crippen molar-refractivity contribution in [2.75, 3.05) is 40.5 Å². The van der Waals surface area contributed by atoms with Gasteiger partial charge in [0.1, 0.15) is 11.4 Å². The van der Waals surface area contributed by atoms with E-state index in [0.29, 0.717) is 82.0 Å². The van der Waals surface area contributed by atoms with Crippen LogP contribution < -0.4 is 25.4 Å². The standard InChI is InChI=1S/C34H37Cl2N7O4/c1-45-33-28(15-37-13-20-11-12-47-19-20)39-17-26(42-33)24-7-3-5-22(31(24)35)23-6-4-8-25(32(23)36)27-18-40-29(34(43-27)46-2)16-38-14-21-9-10-30(44)41-21/h3-8,17-18,20-21,37-38H,9-16,19H2,1-2H3,(H,41,44)/t20-,21+/m1/s1. The minimum Gasteiger partial charge on any atom is -0.480 e. The van der Waals surface area contributed by atoms with Crippen LogP contribution in [-0.4, -0.2) is 72.4 Å². The van der Waals surface area contributed by atoms with Crippen LogP contribution in [0.1, 0.15) is 30.7 Å². The van der Waals surface area contributed by atoms with Crippen molar-refractivity contribution in [1.29, 1.82) is 0 Å². The molecule has 2 aromatic heterocycles. The van der Waals surface area contributed by atoms with Gasteiger partial charge in [-0.05, 0) is 18.8 Å². The number of aromatic nitrogens is 4. The average molecular weight is 679 g/mol. The number of rotatable bonds is 13. The number of nitrogens with one attached hydrogen (secondary N) is 3. The molecule has 0 radical (unpaired) electrons. The summed E-state index contributed by atoms with van der Waals surface area (Å²) in [5.74, 6) is 1.43. The van der Waals surface area contributed by atoms with Gasteiger partial charge in [0.2, 0.25) is 17.7 Å². The molecule has 246 valence electrons. The van der Waals surface area contributed by atoms with Crippen molar-refractivity contribution in [2.45, 2.75) is 38.4 Å². The van der Waals surface area contributed by atoms with Crippen molar-refractivity contribution in [3.63, 3.8) is 0 Å². The Labute approximate surface area is 283 Å². The second kappa shape index (κ2) is 15.4. The first-order valence-electron chi connectivity index (χ1n) is 15.6. The van der Waals surface area contributed by atoms with E-state index in [1.54, 1.807) is 26.6 Å². The molecule has 6 rings (SSSR count). The maximum Gasteiger partial charge on any atom is 0.237 e. The lowest BCUT2D eigenvalue weighted by Gasteiger charge is -2.15. The fourth-order valence-electron chi connectivity index (χ4n) is 5.83. The summed E-state index contributed by atoms with van der Waals surface area (Å²) in [5, 5.41) is 10.7. The number of hydrogen-bond acceptors (Lipinski definition) is 10. The van der Waals surface area contributed by atoms with Crippen molar-refractivity contribution in [2.24, 2.45) is 5.92 Å². The number of methoxy groups -OCH3 is 2. The highest BCUT2D eigenvalue weighted by Crippen LogP contribution is 2.42. The van der Waals surface area contributed by atoms with Crippen LogP contribution >= 0.6 is 23.2 Å². The van der Waals surface area contributed by atoms with Crippen LogP contribution in [0.3, 0.4) is 0 Å². The minimum absolute atomic E-state index is 0.0861. The van der Waals surface area contributed by atoms with Crippen LogP contribution in [-0.2, 0) is 22.6 Å². The summed E-state index contributed by atoms with van der Waals surface area (Å²) < 4.78 is 16.6. The van der Waals surface area contributed by atoms with Crippen LogP contribution in [0.2, 0.25) is 10.0 Å². The maximum atomic E-state index is 11.5. The van der Waals surface area contributed by atoms with E-state index in [9.17, 15) is 4.79 Å². The van der Waals surface area contributed by atoms with Crippen molar-refractivity contribution >= 4 is 29.1 Å². The first-order valence-corrected chi connectivity index (χ1v) is 16.4. The van der Waals surface area contributed by atoms with E-state index in [1.807, 2.05) is 36.4 Å². The number of hydrogen-bond donors (Lipinski definition) is 3. The Morgan fingerprint density at radius 2 is 1.38 bits per heavy atom. The molecule has 0 unspecified atom stereocenters. The first-order chi connectivity index (χ1) is 22.9. The minimum atomic E-state index is 0.0861. The molecule has 3 N–H and O–H groups in total. The quantitative estimate of drug-likeness (QED) is 0.176. The third-order valence-corrected chi connectivity index (χ3v) is 9.18. The molecular weight excluding hydrogens is 641 g/mol. The Balaban J connectivity index is 1.21. The molecule has 4 aromatic rings. The fourth-order valence-corrected chi connectivity index (χ4v) is 6.48. The van der Waals surface area contributed by atoms with Crippen molar-refractivity contribution in [3.05, 3.63) is 70.2 Å². The zero-order valence-electron chi connectivity index (χ0n) is 26.3. The van der Waals surface area contributed by atoms with Gasteiger partial charge in [0.15, 0.2) is 0 Å². The number of amides is 1. The highest BCUT2D eigenvalue weighted by molar-refractivity contribution is 6.39. The Morgan fingerprint density at radius 1 is 0.830 bits per heavy atom. The van der Waals surface area contributed by atoms with Gasteiger partial charge in [-0.3, -0.25) is 14.8 Å². The summed E-state index contributed by atoms with van der Waals surface area (Å²) in [6.07, 6.45) is 5.83. The largest absolute Gasteiger partial charge is 0.480 e. The van der Waals surface area contributed by atoms with E-state index in [0.717, 1.165) is 49.4 Å². The molecule has 0 spiro atoms. The number of ether oxygens (including phenoxy) is 3. The molecule has 11 nitrogen and oxygen atoms in total. The molecule has 2 atom stereocenters. The number of halogens is 2. The van der Waals surface area contributed by atoms with Crippen LogP contribution in [0.25, 0.3) is 33.6 Å². The average Bonchev–Trinajstić information content (AvgIpc) is 3.77. The number of carbonyl (C=O) groups is 1. The smallest absolute Gasteiger partial charge is 0.237 e. The molecule has 2 aliphatic heterocycles. The second-order valence-electron chi connectivity index (χ2n) is 11.6. The van der Waals surface area contributed by atoms with Gasteiger partial charge >= 0.3 is 0 Å². The molecule has 2 saturated heterocycles. The van der Waals surface area contributed by atoms with E-state index >= 15 is 0 Å². The van der Waals surface area contributed by atoms with Crippen LogP contribution in [0.15, 0.2) is 48.8 Å². The predicted octanol–water partition coefficient (Wildman–Crippen LogP) is 5.09. The van der Waals surface area contributed by atoms with Crippen molar-refractivity contribution < 1.29 is 19.0 Å². The number of carbonyl (C=O) groups excluding carboxylic acids is 1. The molecule has 1 amide bonds. The van der Waals surface area contributed by atoms with Crippen LogP contribution in [0, 0.1) is 5.92 Å². The highest BCUT2D eigenvalue weighted by Gasteiger charge is 2.22. The normalized spacial score (nSPS) is 17.6.